The van der Waals surface area contributed by atoms with Gasteiger partial charge in [0.25, 0.3) is 0 Å². The summed E-state index contributed by atoms with van der Waals surface area (Å²) in [5.74, 6) is 0. The summed E-state index contributed by atoms with van der Waals surface area (Å²) in [6.45, 7) is 5.46. The van der Waals surface area contributed by atoms with Gasteiger partial charge in [0.2, 0.25) is 0 Å². The fourth-order valence-corrected chi connectivity index (χ4v) is 4.08. The number of anilines is 1. The van der Waals surface area contributed by atoms with Crippen LogP contribution in [0.1, 0.15) is 20.3 Å². The second kappa shape index (κ2) is 4.67. The highest BCUT2D eigenvalue weighted by atomic mass is 32.2. The zero-order valence-electron chi connectivity index (χ0n) is 12.3. The lowest BCUT2D eigenvalue weighted by Crippen LogP contribution is -2.41. The van der Waals surface area contributed by atoms with Gasteiger partial charge in [-0.25, -0.2) is 0 Å². The molecule has 1 atom stereocenters. The average molecular weight is 297 g/mol. The second-order valence-corrected chi connectivity index (χ2v) is 7.58. The Bertz CT molecular complexity index is 685. The summed E-state index contributed by atoms with van der Waals surface area (Å²) in [5.41, 5.74) is 4.69. The van der Waals surface area contributed by atoms with E-state index in [0.29, 0.717) is 5.25 Å². The van der Waals surface area contributed by atoms with Crippen molar-refractivity contribution in [3.8, 4) is 0 Å². The lowest BCUT2D eigenvalue weighted by molar-refractivity contribution is 0.411. The zero-order valence-corrected chi connectivity index (χ0v) is 13.1. The molecule has 0 saturated heterocycles. The molecule has 0 radical (unpaired) electrons. The minimum Gasteiger partial charge on any atom is -0.385 e. The molecule has 0 fully saturated rings. The van der Waals surface area contributed by atoms with Crippen LogP contribution in [0.4, 0.5) is 11.4 Å². The Hall–Kier alpha value is -1.68. The standard InChI is InChI=1S/C17H19N3S/c1-17(2)7-8-18-11-3-5-13-15(9-11)21-16-10-12(20-17)4-6-14(16)19-13/h3-6,9-10,16,18,20H,7-8H2,1-2H3. The molecule has 0 saturated carbocycles. The van der Waals surface area contributed by atoms with Crippen LogP contribution in [0.2, 0.25) is 0 Å². The van der Waals surface area contributed by atoms with Crippen molar-refractivity contribution in [3.05, 3.63) is 42.1 Å². The summed E-state index contributed by atoms with van der Waals surface area (Å²) in [5, 5.41) is 7.50. The molecule has 2 heterocycles. The summed E-state index contributed by atoms with van der Waals surface area (Å²) < 4.78 is 0. The fraction of sp³-hybridized carbons (Fsp3) is 0.353. The lowest BCUT2D eigenvalue weighted by atomic mass is 9.98. The Labute approximate surface area is 129 Å². The van der Waals surface area contributed by atoms with E-state index in [2.05, 4.69) is 60.9 Å². The van der Waals surface area contributed by atoms with E-state index in [4.69, 9.17) is 4.99 Å². The van der Waals surface area contributed by atoms with Crippen LogP contribution in [0.3, 0.4) is 0 Å². The van der Waals surface area contributed by atoms with Crippen LogP contribution in [0.15, 0.2) is 52.0 Å². The predicted octanol–water partition coefficient (Wildman–Crippen LogP) is 3.87. The number of fused-ring (bicyclic) bond motifs is 1. The zero-order chi connectivity index (χ0) is 14.4. The van der Waals surface area contributed by atoms with Crippen molar-refractivity contribution in [1.29, 1.82) is 0 Å². The minimum absolute atomic E-state index is 0.0686. The number of aliphatic imine (C=N–C) groups is 1. The molecule has 0 aromatic heterocycles. The Morgan fingerprint density at radius 3 is 3.10 bits per heavy atom. The maximum absolute atomic E-state index is 4.80. The number of thioether (sulfide) groups is 1. The average Bonchev–Trinajstić information content (AvgIpc) is 2.44. The van der Waals surface area contributed by atoms with Gasteiger partial charge in [-0.3, -0.25) is 4.99 Å². The summed E-state index contributed by atoms with van der Waals surface area (Å²) >= 11 is 1.89. The SMILES string of the molecule is CC1(C)CCNc2ccc3c(c2)SC2C=C(C=CC2=N3)N1. The second-order valence-electron chi connectivity index (χ2n) is 6.40. The predicted molar refractivity (Wildman–Crippen MR) is 90.7 cm³/mol. The van der Waals surface area contributed by atoms with Gasteiger partial charge in [-0.15, -0.1) is 11.8 Å². The molecule has 1 aromatic rings. The highest BCUT2D eigenvalue weighted by Crippen LogP contribution is 2.41. The van der Waals surface area contributed by atoms with E-state index in [1.165, 1.54) is 16.3 Å². The highest BCUT2D eigenvalue weighted by molar-refractivity contribution is 8.01. The largest absolute Gasteiger partial charge is 0.385 e. The number of benzene rings is 1. The van der Waals surface area contributed by atoms with E-state index in [1.807, 2.05) is 11.8 Å². The molecule has 1 unspecified atom stereocenters. The molecule has 0 amide bonds. The Morgan fingerprint density at radius 2 is 2.19 bits per heavy atom. The topological polar surface area (TPSA) is 36.4 Å². The van der Waals surface area contributed by atoms with E-state index < -0.39 is 0 Å². The number of allylic oxidation sites excluding steroid dienone is 2. The van der Waals surface area contributed by atoms with Gasteiger partial charge in [0.05, 0.1) is 16.6 Å². The quantitative estimate of drug-likeness (QED) is 0.763. The highest BCUT2D eigenvalue weighted by Gasteiger charge is 2.26. The Kier molecular flexibility index (Phi) is 2.89. The van der Waals surface area contributed by atoms with Gasteiger partial charge in [0.1, 0.15) is 0 Å². The maximum atomic E-state index is 4.80. The first-order valence-electron chi connectivity index (χ1n) is 7.40. The van der Waals surface area contributed by atoms with Crippen LogP contribution in [-0.4, -0.2) is 23.0 Å². The smallest absolute Gasteiger partial charge is 0.0771 e. The molecule has 2 N–H and O–H groups in total. The van der Waals surface area contributed by atoms with Crippen LogP contribution in [-0.2, 0) is 0 Å². The van der Waals surface area contributed by atoms with Crippen LogP contribution >= 0.6 is 11.8 Å². The monoisotopic (exact) mass is 297 g/mol. The fourth-order valence-electron chi connectivity index (χ4n) is 2.91. The van der Waals surface area contributed by atoms with Crippen LogP contribution < -0.4 is 10.6 Å². The number of nitrogens with zero attached hydrogens (tertiary/aromatic N) is 1. The number of rotatable bonds is 0. The van der Waals surface area contributed by atoms with E-state index in [-0.39, 0.29) is 5.54 Å². The van der Waals surface area contributed by atoms with E-state index in [9.17, 15) is 0 Å². The molecular formula is C17H19N3S. The molecule has 0 spiro atoms. The van der Waals surface area contributed by atoms with Gasteiger partial charge in [-0.2, -0.15) is 0 Å². The van der Waals surface area contributed by atoms with Gasteiger partial charge in [-0.1, -0.05) is 0 Å². The van der Waals surface area contributed by atoms with Crippen molar-refractivity contribution >= 4 is 28.8 Å². The molecule has 108 valence electrons. The summed E-state index contributed by atoms with van der Waals surface area (Å²) in [4.78, 5) is 6.06. The van der Waals surface area contributed by atoms with Crippen molar-refractivity contribution in [3.63, 3.8) is 0 Å². The number of hydrogen-bond acceptors (Lipinski definition) is 4. The molecule has 2 aliphatic heterocycles. The first-order chi connectivity index (χ1) is 10.1. The molecule has 4 bridgehead atoms. The third-order valence-electron chi connectivity index (χ3n) is 4.08. The first-order valence-corrected chi connectivity index (χ1v) is 8.28. The summed E-state index contributed by atoms with van der Waals surface area (Å²) in [6, 6.07) is 6.48. The van der Waals surface area contributed by atoms with Crippen LogP contribution in [0, 0.1) is 0 Å². The van der Waals surface area contributed by atoms with Crippen molar-refractivity contribution in [2.24, 2.45) is 4.99 Å². The summed E-state index contributed by atoms with van der Waals surface area (Å²) in [7, 11) is 0. The van der Waals surface area contributed by atoms with E-state index >= 15 is 0 Å². The van der Waals surface area contributed by atoms with Gasteiger partial charge >= 0.3 is 0 Å². The number of hydrogen-bond donors (Lipinski definition) is 2. The van der Waals surface area contributed by atoms with Crippen molar-refractivity contribution < 1.29 is 0 Å². The van der Waals surface area contributed by atoms with Crippen LogP contribution in [0.5, 0.6) is 0 Å². The van der Waals surface area contributed by atoms with E-state index in [1.54, 1.807) is 0 Å². The lowest BCUT2D eigenvalue weighted by Gasteiger charge is -2.32. The van der Waals surface area contributed by atoms with E-state index in [0.717, 1.165) is 24.4 Å². The maximum Gasteiger partial charge on any atom is 0.0771 e. The van der Waals surface area contributed by atoms with Crippen molar-refractivity contribution in [2.75, 3.05) is 11.9 Å². The van der Waals surface area contributed by atoms with Gasteiger partial charge in [-0.05, 0) is 56.7 Å². The number of nitrogens with one attached hydrogen (secondary N) is 2. The van der Waals surface area contributed by atoms with Crippen molar-refractivity contribution in [2.45, 2.75) is 36.0 Å². The normalized spacial score (nSPS) is 25.1. The molecule has 4 rings (SSSR count). The Morgan fingerprint density at radius 1 is 1.29 bits per heavy atom. The first kappa shape index (κ1) is 13.0. The minimum atomic E-state index is 0.0686. The molecule has 3 aliphatic rings. The van der Waals surface area contributed by atoms with Gasteiger partial charge < -0.3 is 10.6 Å². The molecule has 3 nitrogen and oxygen atoms in total. The van der Waals surface area contributed by atoms with Gasteiger partial charge in [0.15, 0.2) is 0 Å². The molecule has 21 heavy (non-hydrogen) atoms. The third kappa shape index (κ3) is 2.48. The Balaban J connectivity index is 1.81. The van der Waals surface area contributed by atoms with Crippen LogP contribution in [0.25, 0.3) is 0 Å². The molecule has 4 heteroatoms. The third-order valence-corrected chi connectivity index (χ3v) is 5.29. The summed E-state index contributed by atoms with van der Waals surface area (Å²) in [6.07, 6.45) is 7.66. The molecular weight excluding hydrogens is 278 g/mol. The molecule has 1 aliphatic carbocycles. The van der Waals surface area contributed by atoms with Crippen molar-refractivity contribution in [1.82, 2.24) is 5.32 Å². The molecule has 1 aromatic carbocycles. The van der Waals surface area contributed by atoms with Gasteiger partial charge in [0, 0.05) is 28.4 Å².